The minimum Gasteiger partial charge on any atom is -0.359 e. The zero-order valence-electron chi connectivity index (χ0n) is 11.6. The van der Waals surface area contributed by atoms with E-state index in [0.717, 1.165) is 37.6 Å². The molecule has 0 saturated heterocycles. The summed E-state index contributed by atoms with van der Waals surface area (Å²) in [4.78, 5) is 8.32. The molecule has 0 bridgehead atoms. The zero-order chi connectivity index (χ0) is 13.5. The third-order valence-electron chi connectivity index (χ3n) is 3.01. The Morgan fingerprint density at radius 2 is 2.16 bits per heavy atom. The van der Waals surface area contributed by atoms with Crippen LogP contribution in [0.3, 0.4) is 0 Å². The summed E-state index contributed by atoms with van der Waals surface area (Å²) in [7, 11) is 2.10. The quantitative estimate of drug-likeness (QED) is 0.842. The van der Waals surface area contributed by atoms with Crippen molar-refractivity contribution in [2.75, 3.05) is 25.0 Å². The van der Waals surface area contributed by atoms with Gasteiger partial charge in [0.2, 0.25) is 0 Å². The number of pyridine rings is 1. The van der Waals surface area contributed by atoms with Gasteiger partial charge in [-0.2, -0.15) is 0 Å². The molecule has 2 heterocycles. The molecule has 0 aliphatic heterocycles. The average molecular weight is 275 g/mol. The summed E-state index contributed by atoms with van der Waals surface area (Å²) in [5.41, 5.74) is 1.10. The van der Waals surface area contributed by atoms with Crippen LogP contribution in [0.5, 0.6) is 0 Å². The van der Waals surface area contributed by atoms with Crippen molar-refractivity contribution >= 4 is 17.2 Å². The third kappa shape index (κ3) is 4.33. The lowest BCUT2D eigenvalue weighted by Crippen LogP contribution is -2.22. The first-order valence-electron chi connectivity index (χ1n) is 6.69. The summed E-state index contributed by atoms with van der Waals surface area (Å²) in [5.74, 6) is 1.05. The Bertz CT molecular complexity index is 482. The number of nitrogens with zero attached hydrogens (tertiary/aromatic N) is 2. The van der Waals surface area contributed by atoms with Crippen molar-refractivity contribution in [1.29, 1.82) is 0 Å². The second-order valence-electron chi connectivity index (χ2n) is 4.52. The number of thiophene rings is 1. The molecule has 4 heteroatoms. The van der Waals surface area contributed by atoms with Crippen LogP contribution < -0.4 is 10.2 Å². The molecule has 0 aromatic carbocycles. The Morgan fingerprint density at radius 1 is 1.26 bits per heavy atom. The average Bonchev–Trinajstić information content (AvgIpc) is 2.96. The van der Waals surface area contributed by atoms with E-state index in [1.54, 1.807) is 0 Å². The SMILES string of the molecule is CCNCc1cccc(N(C)CCc2cccs2)n1. The van der Waals surface area contributed by atoms with Gasteiger partial charge in [-0.25, -0.2) is 4.98 Å². The van der Waals surface area contributed by atoms with Gasteiger partial charge < -0.3 is 10.2 Å². The van der Waals surface area contributed by atoms with Crippen molar-refractivity contribution in [3.8, 4) is 0 Å². The predicted octanol–water partition coefficient (Wildman–Crippen LogP) is 2.93. The van der Waals surface area contributed by atoms with E-state index >= 15 is 0 Å². The number of nitrogens with one attached hydrogen (secondary N) is 1. The van der Waals surface area contributed by atoms with Crippen molar-refractivity contribution in [3.05, 3.63) is 46.3 Å². The van der Waals surface area contributed by atoms with E-state index in [-0.39, 0.29) is 0 Å². The van der Waals surface area contributed by atoms with Gasteiger partial charge in [-0.15, -0.1) is 11.3 Å². The van der Waals surface area contributed by atoms with Crippen LogP contribution in [0.25, 0.3) is 0 Å². The van der Waals surface area contributed by atoms with Crippen molar-refractivity contribution in [2.24, 2.45) is 0 Å². The Balaban J connectivity index is 1.92. The molecule has 0 unspecified atom stereocenters. The van der Waals surface area contributed by atoms with Gasteiger partial charge in [-0.1, -0.05) is 19.1 Å². The van der Waals surface area contributed by atoms with E-state index in [0.29, 0.717) is 0 Å². The number of rotatable bonds is 7. The lowest BCUT2D eigenvalue weighted by Gasteiger charge is -2.18. The van der Waals surface area contributed by atoms with Crippen molar-refractivity contribution in [3.63, 3.8) is 0 Å². The maximum absolute atomic E-state index is 4.68. The second-order valence-corrected chi connectivity index (χ2v) is 5.55. The van der Waals surface area contributed by atoms with E-state index in [4.69, 9.17) is 0 Å². The molecule has 0 saturated carbocycles. The standard InChI is InChI=1S/C15H21N3S/c1-3-16-12-13-6-4-8-15(17-13)18(2)10-9-14-7-5-11-19-14/h4-8,11,16H,3,9-10,12H2,1-2H3. The first-order chi connectivity index (χ1) is 9.29. The van der Waals surface area contributed by atoms with Gasteiger partial charge in [0.05, 0.1) is 5.69 Å². The first-order valence-corrected chi connectivity index (χ1v) is 7.57. The van der Waals surface area contributed by atoms with Gasteiger partial charge in [-0.3, -0.25) is 0 Å². The topological polar surface area (TPSA) is 28.2 Å². The van der Waals surface area contributed by atoms with Gasteiger partial charge in [0.25, 0.3) is 0 Å². The number of hydrogen-bond acceptors (Lipinski definition) is 4. The molecule has 0 radical (unpaired) electrons. The molecule has 0 fully saturated rings. The normalized spacial score (nSPS) is 10.6. The fourth-order valence-electron chi connectivity index (χ4n) is 1.88. The highest BCUT2D eigenvalue weighted by Gasteiger charge is 2.04. The van der Waals surface area contributed by atoms with Crippen molar-refractivity contribution in [2.45, 2.75) is 19.9 Å². The number of aromatic nitrogens is 1. The minimum atomic E-state index is 0.836. The smallest absolute Gasteiger partial charge is 0.128 e. The summed E-state index contributed by atoms with van der Waals surface area (Å²) >= 11 is 1.82. The van der Waals surface area contributed by atoms with Crippen LogP contribution in [0.15, 0.2) is 35.7 Å². The van der Waals surface area contributed by atoms with E-state index in [2.05, 4.69) is 64.9 Å². The molecule has 0 amide bonds. The summed E-state index contributed by atoms with van der Waals surface area (Å²) in [6.45, 7) is 4.92. The van der Waals surface area contributed by atoms with Gasteiger partial charge in [0.15, 0.2) is 0 Å². The molecule has 0 aliphatic carbocycles. The largest absolute Gasteiger partial charge is 0.359 e. The summed E-state index contributed by atoms with van der Waals surface area (Å²) in [6.07, 6.45) is 1.08. The van der Waals surface area contributed by atoms with E-state index in [1.807, 2.05) is 11.3 Å². The summed E-state index contributed by atoms with van der Waals surface area (Å²) in [6, 6.07) is 10.5. The van der Waals surface area contributed by atoms with E-state index < -0.39 is 0 Å². The highest BCUT2D eigenvalue weighted by atomic mass is 32.1. The van der Waals surface area contributed by atoms with Crippen molar-refractivity contribution < 1.29 is 0 Å². The Labute approximate surface area is 119 Å². The molecule has 0 spiro atoms. The molecule has 1 N–H and O–H groups in total. The Kier molecular flexibility index (Phi) is 5.36. The fraction of sp³-hybridized carbons (Fsp3) is 0.400. The van der Waals surface area contributed by atoms with Crippen LogP contribution in [0.4, 0.5) is 5.82 Å². The first kappa shape index (κ1) is 14.0. The summed E-state index contributed by atoms with van der Waals surface area (Å²) < 4.78 is 0. The van der Waals surface area contributed by atoms with Gasteiger partial charge in [-0.05, 0) is 36.5 Å². The molecular formula is C15H21N3S. The third-order valence-corrected chi connectivity index (χ3v) is 3.95. The van der Waals surface area contributed by atoms with E-state index in [1.165, 1.54) is 4.88 Å². The van der Waals surface area contributed by atoms with Gasteiger partial charge in [0, 0.05) is 25.0 Å². The zero-order valence-corrected chi connectivity index (χ0v) is 12.4. The lowest BCUT2D eigenvalue weighted by atomic mass is 10.3. The van der Waals surface area contributed by atoms with Crippen LogP contribution in [0.2, 0.25) is 0 Å². The Morgan fingerprint density at radius 3 is 2.89 bits per heavy atom. The van der Waals surface area contributed by atoms with Crippen LogP contribution in [0, 0.1) is 0 Å². The van der Waals surface area contributed by atoms with Crippen LogP contribution in [-0.4, -0.2) is 25.1 Å². The minimum absolute atomic E-state index is 0.836. The molecule has 0 atom stereocenters. The molecular weight excluding hydrogens is 254 g/mol. The second kappa shape index (κ2) is 7.26. The van der Waals surface area contributed by atoms with Crippen LogP contribution in [0.1, 0.15) is 17.5 Å². The number of hydrogen-bond donors (Lipinski definition) is 1. The molecule has 2 rings (SSSR count). The molecule has 3 nitrogen and oxygen atoms in total. The van der Waals surface area contributed by atoms with Gasteiger partial charge in [0.1, 0.15) is 5.82 Å². The highest BCUT2D eigenvalue weighted by molar-refractivity contribution is 7.09. The molecule has 102 valence electrons. The highest BCUT2D eigenvalue weighted by Crippen LogP contribution is 2.13. The fourth-order valence-corrected chi connectivity index (χ4v) is 2.58. The summed E-state index contributed by atoms with van der Waals surface area (Å²) in [5, 5.41) is 5.44. The van der Waals surface area contributed by atoms with Gasteiger partial charge >= 0.3 is 0 Å². The predicted molar refractivity (Wildman–Crippen MR) is 82.9 cm³/mol. The molecule has 2 aromatic heterocycles. The molecule has 0 aliphatic rings. The number of anilines is 1. The lowest BCUT2D eigenvalue weighted by molar-refractivity contribution is 0.708. The maximum Gasteiger partial charge on any atom is 0.128 e. The van der Waals surface area contributed by atoms with E-state index in [9.17, 15) is 0 Å². The van der Waals surface area contributed by atoms with Crippen LogP contribution in [-0.2, 0) is 13.0 Å². The number of likely N-dealkylation sites (N-methyl/N-ethyl adjacent to an activating group) is 1. The van der Waals surface area contributed by atoms with Crippen LogP contribution >= 0.6 is 11.3 Å². The molecule has 19 heavy (non-hydrogen) atoms. The molecule has 2 aromatic rings. The van der Waals surface area contributed by atoms with Crippen molar-refractivity contribution in [1.82, 2.24) is 10.3 Å². The Hall–Kier alpha value is -1.39. The monoisotopic (exact) mass is 275 g/mol. The maximum atomic E-state index is 4.68.